The van der Waals surface area contributed by atoms with Crippen molar-refractivity contribution in [3.8, 4) is 12.3 Å². The second-order valence-corrected chi connectivity index (χ2v) is 14.4. The molecular formula is C25H44O5Si. The zero-order chi connectivity index (χ0) is 24.4. The van der Waals surface area contributed by atoms with E-state index in [0.29, 0.717) is 23.0 Å². The SMILES string of the molecule is C#CCC(C(=O)OCC)(C(=O)OCC)C(C)/C=C(\CC)O[Si](C(C)C)(C(C)C)C(C)C. The van der Waals surface area contributed by atoms with Crippen molar-refractivity contribution in [2.24, 2.45) is 11.3 Å². The molecule has 0 bridgehead atoms. The molecule has 0 radical (unpaired) electrons. The summed E-state index contributed by atoms with van der Waals surface area (Å²) in [5.74, 6) is 1.45. The highest BCUT2D eigenvalue weighted by Gasteiger charge is 2.53. The van der Waals surface area contributed by atoms with E-state index in [-0.39, 0.29) is 19.6 Å². The minimum absolute atomic E-state index is 0.0968. The van der Waals surface area contributed by atoms with Crippen LogP contribution < -0.4 is 0 Å². The first-order chi connectivity index (χ1) is 14.4. The van der Waals surface area contributed by atoms with Gasteiger partial charge in [-0.1, -0.05) is 55.4 Å². The van der Waals surface area contributed by atoms with Gasteiger partial charge in [0.2, 0.25) is 0 Å². The monoisotopic (exact) mass is 452 g/mol. The zero-order valence-corrected chi connectivity index (χ0v) is 22.3. The summed E-state index contributed by atoms with van der Waals surface area (Å²) in [7, 11) is -2.18. The molecule has 1 unspecified atom stereocenters. The van der Waals surface area contributed by atoms with Gasteiger partial charge in [-0.3, -0.25) is 9.59 Å². The Morgan fingerprint density at radius 2 is 1.32 bits per heavy atom. The molecule has 5 nitrogen and oxygen atoms in total. The van der Waals surface area contributed by atoms with Gasteiger partial charge in [-0.05, 0) is 36.5 Å². The number of esters is 2. The van der Waals surface area contributed by atoms with Gasteiger partial charge in [0.15, 0.2) is 5.41 Å². The molecule has 0 N–H and O–H groups in total. The van der Waals surface area contributed by atoms with E-state index >= 15 is 0 Å². The molecule has 0 fully saturated rings. The van der Waals surface area contributed by atoms with Crippen molar-refractivity contribution in [1.82, 2.24) is 0 Å². The average Bonchev–Trinajstić information content (AvgIpc) is 2.68. The molecule has 0 aromatic rings. The summed E-state index contributed by atoms with van der Waals surface area (Å²) in [5.41, 5.74) is -0.377. The number of ether oxygens (including phenoxy) is 2. The minimum atomic E-state index is -2.18. The van der Waals surface area contributed by atoms with Crippen LogP contribution in [0.25, 0.3) is 0 Å². The van der Waals surface area contributed by atoms with Gasteiger partial charge >= 0.3 is 11.9 Å². The Balaban J connectivity index is 6.51. The van der Waals surface area contributed by atoms with Crippen LogP contribution >= 0.6 is 0 Å². The van der Waals surface area contributed by atoms with Crippen molar-refractivity contribution in [2.75, 3.05) is 13.2 Å². The highest BCUT2D eigenvalue weighted by atomic mass is 28.4. The largest absolute Gasteiger partial charge is 0.546 e. The van der Waals surface area contributed by atoms with Gasteiger partial charge in [-0.15, -0.1) is 12.3 Å². The van der Waals surface area contributed by atoms with Gasteiger partial charge in [0.1, 0.15) is 0 Å². The van der Waals surface area contributed by atoms with Gasteiger partial charge in [0.25, 0.3) is 8.32 Å². The molecule has 0 aromatic heterocycles. The number of allylic oxidation sites excluding steroid dienone is 2. The molecule has 31 heavy (non-hydrogen) atoms. The topological polar surface area (TPSA) is 61.8 Å². The molecular weight excluding hydrogens is 408 g/mol. The molecule has 0 spiro atoms. The Labute approximate surface area is 191 Å². The first-order valence-corrected chi connectivity index (χ1v) is 13.7. The van der Waals surface area contributed by atoms with Crippen molar-refractivity contribution in [1.29, 1.82) is 0 Å². The maximum atomic E-state index is 13.0. The lowest BCUT2D eigenvalue weighted by Gasteiger charge is -2.43. The molecule has 0 saturated heterocycles. The maximum absolute atomic E-state index is 13.0. The predicted molar refractivity (Wildman–Crippen MR) is 129 cm³/mol. The Morgan fingerprint density at radius 3 is 1.61 bits per heavy atom. The fraction of sp³-hybridized carbons (Fsp3) is 0.760. The lowest BCUT2D eigenvalue weighted by molar-refractivity contribution is -0.174. The summed E-state index contributed by atoms with van der Waals surface area (Å²) in [6, 6.07) is 0. The molecule has 0 amide bonds. The third-order valence-electron chi connectivity index (χ3n) is 6.24. The fourth-order valence-electron chi connectivity index (χ4n) is 4.67. The van der Waals surface area contributed by atoms with Crippen LogP contribution in [0.15, 0.2) is 11.8 Å². The summed E-state index contributed by atoms with van der Waals surface area (Å²) >= 11 is 0. The van der Waals surface area contributed by atoms with E-state index in [1.807, 2.05) is 19.9 Å². The van der Waals surface area contributed by atoms with Gasteiger partial charge in [0.05, 0.1) is 19.0 Å². The van der Waals surface area contributed by atoms with Gasteiger partial charge in [0, 0.05) is 18.8 Å². The van der Waals surface area contributed by atoms with Crippen LogP contribution in [-0.2, 0) is 23.5 Å². The number of carbonyl (C=O) groups is 2. The van der Waals surface area contributed by atoms with Crippen molar-refractivity contribution in [3.05, 3.63) is 11.8 Å². The van der Waals surface area contributed by atoms with Crippen molar-refractivity contribution < 1.29 is 23.5 Å². The van der Waals surface area contributed by atoms with Crippen molar-refractivity contribution in [2.45, 2.75) is 98.7 Å². The molecule has 178 valence electrons. The lowest BCUT2D eigenvalue weighted by Crippen LogP contribution is -2.48. The molecule has 1 atom stereocenters. The fourth-order valence-corrected chi connectivity index (χ4v) is 10.0. The normalized spacial score (nSPS) is 13.9. The molecule has 0 aliphatic carbocycles. The second-order valence-electron chi connectivity index (χ2n) is 8.99. The number of terminal acetylenes is 1. The number of rotatable bonds is 13. The van der Waals surface area contributed by atoms with Crippen LogP contribution in [0.3, 0.4) is 0 Å². The summed E-state index contributed by atoms with van der Waals surface area (Å²) in [6.45, 7) is 20.9. The molecule has 0 heterocycles. The van der Waals surface area contributed by atoms with Gasteiger partial charge < -0.3 is 13.9 Å². The van der Waals surface area contributed by atoms with E-state index in [2.05, 4.69) is 47.5 Å². The second kappa shape index (κ2) is 13.0. The zero-order valence-electron chi connectivity index (χ0n) is 21.3. The van der Waals surface area contributed by atoms with Crippen LogP contribution in [0.2, 0.25) is 16.6 Å². The van der Waals surface area contributed by atoms with E-state index in [0.717, 1.165) is 5.76 Å². The van der Waals surface area contributed by atoms with Crippen LogP contribution in [0.4, 0.5) is 0 Å². The number of carbonyl (C=O) groups excluding carboxylic acids is 2. The van der Waals surface area contributed by atoms with Crippen molar-refractivity contribution >= 4 is 20.3 Å². The molecule has 0 aromatic carbocycles. The van der Waals surface area contributed by atoms with Crippen LogP contribution in [0, 0.1) is 23.7 Å². The predicted octanol–water partition coefficient (Wildman–Crippen LogP) is 6.24. The molecule has 0 aliphatic rings. The number of hydrogen-bond donors (Lipinski definition) is 0. The van der Waals surface area contributed by atoms with Gasteiger partial charge in [-0.2, -0.15) is 0 Å². The first kappa shape index (κ1) is 29.3. The Kier molecular flexibility index (Phi) is 12.2. The Bertz CT molecular complexity index is 618. The van der Waals surface area contributed by atoms with E-state index < -0.39 is 31.6 Å². The Morgan fingerprint density at radius 1 is 0.903 bits per heavy atom. The quantitative estimate of drug-likeness (QED) is 0.109. The third kappa shape index (κ3) is 6.38. The van der Waals surface area contributed by atoms with E-state index in [9.17, 15) is 9.59 Å². The molecule has 6 heteroatoms. The van der Waals surface area contributed by atoms with Crippen LogP contribution in [0.1, 0.15) is 82.1 Å². The van der Waals surface area contributed by atoms with E-state index in [1.54, 1.807) is 13.8 Å². The van der Waals surface area contributed by atoms with Crippen LogP contribution in [0.5, 0.6) is 0 Å². The van der Waals surface area contributed by atoms with E-state index in [1.165, 1.54) is 0 Å². The maximum Gasteiger partial charge on any atom is 0.325 e. The smallest absolute Gasteiger partial charge is 0.325 e. The highest BCUT2D eigenvalue weighted by Crippen LogP contribution is 2.45. The van der Waals surface area contributed by atoms with Crippen LogP contribution in [-0.4, -0.2) is 33.5 Å². The lowest BCUT2D eigenvalue weighted by atomic mass is 9.73. The summed E-state index contributed by atoms with van der Waals surface area (Å²) in [6.07, 6.45) is 8.04. The van der Waals surface area contributed by atoms with E-state index in [4.69, 9.17) is 20.3 Å². The molecule has 0 rings (SSSR count). The van der Waals surface area contributed by atoms with Crippen molar-refractivity contribution in [3.63, 3.8) is 0 Å². The first-order valence-electron chi connectivity index (χ1n) is 11.6. The van der Waals surface area contributed by atoms with Gasteiger partial charge in [-0.25, -0.2) is 0 Å². The summed E-state index contributed by atoms with van der Waals surface area (Å²) in [4.78, 5) is 26.0. The summed E-state index contributed by atoms with van der Waals surface area (Å²) < 4.78 is 17.4. The molecule has 0 saturated carbocycles. The molecule has 0 aliphatic heterocycles. The standard InChI is InChI=1S/C25H44O5Si/c1-12-16-25(23(26)28-14-3,24(27)29-15-4)21(11)17-22(13-2)30-31(18(5)6,19(7)8)20(9)10/h1,17-21H,13-16H2,2-11H3/b22-17+. The Hall–Kier alpha value is -1.74. The third-order valence-corrected chi connectivity index (χ3v) is 12.3. The summed E-state index contributed by atoms with van der Waals surface area (Å²) in [5, 5.41) is 0. The average molecular weight is 453 g/mol. The minimum Gasteiger partial charge on any atom is -0.546 e. The number of hydrogen-bond acceptors (Lipinski definition) is 5. The highest BCUT2D eigenvalue weighted by molar-refractivity contribution is 6.77.